The van der Waals surface area contributed by atoms with Crippen molar-refractivity contribution < 1.29 is 14.3 Å². The summed E-state index contributed by atoms with van der Waals surface area (Å²) in [5.74, 6) is 0.0901. The van der Waals surface area contributed by atoms with E-state index in [2.05, 4.69) is 24.3 Å². The van der Waals surface area contributed by atoms with E-state index < -0.39 is 5.41 Å². The van der Waals surface area contributed by atoms with Gasteiger partial charge in [0.2, 0.25) is 0 Å². The summed E-state index contributed by atoms with van der Waals surface area (Å²) in [6, 6.07) is 8.25. The minimum absolute atomic E-state index is 0.0271. The second-order valence-corrected chi connectivity index (χ2v) is 5.77. The second kappa shape index (κ2) is 5.80. The van der Waals surface area contributed by atoms with Crippen LogP contribution in [0.15, 0.2) is 36.4 Å². The fourth-order valence-corrected chi connectivity index (χ4v) is 2.93. The van der Waals surface area contributed by atoms with E-state index in [1.54, 1.807) is 7.11 Å². The number of fused-ring (bicyclic) bond motifs is 1. The van der Waals surface area contributed by atoms with Crippen LogP contribution in [0.25, 0.3) is 0 Å². The topological polar surface area (TPSA) is 35.5 Å². The molecule has 1 aromatic carbocycles. The third kappa shape index (κ3) is 2.50. The first-order chi connectivity index (χ1) is 9.52. The van der Waals surface area contributed by atoms with E-state index in [4.69, 9.17) is 9.47 Å². The smallest absolute Gasteiger partial charge is 0.312 e. The molecule has 0 saturated heterocycles. The van der Waals surface area contributed by atoms with Gasteiger partial charge in [0.1, 0.15) is 0 Å². The zero-order valence-corrected chi connectivity index (χ0v) is 12.6. The van der Waals surface area contributed by atoms with Crippen molar-refractivity contribution in [3.63, 3.8) is 0 Å². The van der Waals surface area contributed by atoms with Crippen molar-refractivity contribution in [1.82, 2.24) is 0 Å². The average Bonchev–Trinajstić information content (AvgIpc) is 2.46. The van der Waals surface area contributed by atoms with Crippen LogP contribution in [-0.4, -0.2) is 26.8 Å². The molecule has 0 bridgehead atoms. The molecule has 2 rings (SSSR count). The van der Waals surface area contributed by atoms with Crippen molar-refractivity contribution in [2.45, 2.75) is 25.7 Å². The van der Waals surface area contributed by atoms with Gasteiger partial charge in [-0.05, 0) is 25.0 Å². The number of rotatable bonds is 4. The summed E-state index contributed by atoms with van der Waals surface area (Å²) >= 11 is 0. The first-order valence-electron chi connectivity index (χ1n) is 6.87. The number of hydrogen-bond donors (Lipinski definition) is 0. The summed E-state index contributed by atoms with van der Waals surface area (Å²) in [6.07, 6.45) is 4.25. The standard InChI is InChI=1S/C17H22O3/c1-17(2,16(18)20-4)15-10-9-12(11-19-3)13-7-5-6-8-14(13)15/h5-10,12,15H,11H2,1-4H3/t12-,15-/m1/s1. The summed E-state index contributed by atoms with van der Waals surface area (Å²) in [6.45, 7) is 4.52. The largest absolute Gasteiger partial charge is 0.469 e. The maximum absolute atomic E-state index is 12.1. The van der Waals surface area contributed by atoms with Crippen molar-refractivity contribution in [1.29, 1.82) is 0 Å². The number of methoxy groups -OCH3 is 2. The SMILES string of the molecule is COC[C@H]1C=C[C@@H](C(C)(C)C(=O)OC)c2ccccc21. The quantitative estimate of drug-likeness (QED) is 0.624. The van der Waals surface area contributed by atoms with Crippen LogP contribution in [0.4, 0.5) is 0 Å². The van der Waals surface area contributed by atoms with Gasteiger partial charge >= 0.3 is 5.97 Å². The Kier molecular flexibility index (Phi) is 4.29. The zero-order chi connectivity index (χ0) is 14.8. The lowest BCUT2D eigenvalue weighted by atomic mass is 9.69. The van der Waals surface area contributed by atoms with Crippen molar-refractivity contribution in [2.24, 2.45) is 5.41 Å². The van der Waals surface area contributed by atoms with Crippen molar-refractivity contribution in [2.75, 3.05) is 20.8 Å². The summed E-state index contributed by atoms with van der Waals surface area (Å²) in [5, 5.41) is 0. The van der Waals surface area contributed by atoms with Crippen LogP contribution in [0.1, 0.15) is 36.8 Å². The van der Waals surface area contributed by atoms with Gasteiger partial charge in [0.25, 0.3) is 0 Å². The first-order valence-corrected chi connectivity index (χ1v) is 6.87. The molecule has 20 heavy (non-hydrogen) atoms. The van der Waals surface area contributed by atoms with Crippen LogP contribution in [0.3, 0.4) is 0 Å². The van der Waals surface area contributed by atoms with Gasteiger partial charge in [0, 0.05) is 18.9 Å². The van der Waals surface area contributed by atoms with E-state index in [1.165, 1.54) is 18.2 Å². The van der Waals surface area contributed by atoms with Gasteiger partial charge in [-0.25, -0.2) is 0 Å². The Bertz CT molecular complexity index is 517. The van der Waals surface area contributed by atoms with Crippen LogP contribution in [0.5, 0.6) is 0 Å². The highest BCUT2D eigenvalue weighted by molar-refractivity contribution is 5.78. The number of carbonyl (C=O) groups is 1. The molecule has 3 heteroatoms. The van der Waals surface area contributed by atoms with Gasteiger partial charge in [0.15, 0.2) is 0 Å². The second-order valence-electron chi connectivity index (χ2n) is 5.77. The lowest BCUT2D eigenvalue weighted by Crippen LogP contribution is -2.33. The monoisotopic (exact) mass is 274 g/mol. The Balaban J connectivity index is 2.43. The molecule has 2 atom stereocenters. The van der Waals surface area contributed by atoms with Crippen molar-refractivity contribution in [3.8, 4) is 0 Å². The summed E-state index contributed by atoms with van der Waals surface area (Å²) < 4.78 is 10.2. The fourth-order valence-electron chi connectivity index (χ4n) is 2.93. The van der Waals surface area contributed by atoms with E-state index in [-0.39, 0.29) is 17.8 Å². The minimum atomic E-state index is -0.584. The number of hydrogen-bond acceptors (Lipinski definition) is 3. The predicted octanol–water partition coefficient (Wildman–Crippen LogP) is 3.27. The van der Waals surface area contributed by atoms with Crippen LogP contribution in [0.2, 0.25) is 0 Å². The Morgan fingerprint density at radius 2 is 1.80 bits per heavy atom. The van der Waals surface area contributed by atoms with Gasteiger partial charge in [-0.15, -0.1) is 0 Å². The molecule has 1 aromatic rings. The van der Waals surface area contributed by atoms with Gasteiger partial charge in [0.05, 0.1) is 19.1 Å². The molecule has 0 amide bonds. The van der Waals surface area contributed by atoms with Gasteiger partial charge in [-0.1, -0.05) is 36.4 Å². The van der Waals surface area contributed by atoms with Crippen LogP contribution >= 0.6 is 0 Å². The molecule has 0 radical (unpaired) electrons. The van der Waals surface area contributed by atoms with Crippen LogP contribution in [-0.2, 0) is 14.3 Å². The van der Waals surface area contributed by atoms with E-state index in [0.717, 1.165) is 0 Å². The van der Waals surface area contributed by atoms with E-state index >= 15 is 0 Å². The highest BCUT2D eigenvalue weighted by atomic mass is 16.5. The molecule has 1 aliphatic carbocycles. The fraction of sp³-hybridized carbons (Fsp3) is 0.471. The molecule has 1 aliphatic rings. The normalized spacial score (nSPS) is 21.4. The first kappa shape index (κ1) is 14.8. The lowest BCUT2D eigenvalue weighted by Gasteiger charge is -2.35. The third-order valence-electron chi connectivity index (χ3n) is 4.10. The number of carbonyl (C=O) groups excluding carboxylic acids is 1. The van der Waals surface area contributed by atoms with Crippen molar-refractivity contribution >= 4 is 5.97 Å². The molecule has 0 spiro atoms. The Hall–Kier alpha value is -1.61. The molecule has 0 heterocycles. The Morgan fingerprint density at radius 3 is 2.40 bits per heavy atom. The van der Waals surface area contributed by atoms with E-state index in [0.29, 0.717) is 6.61 Å². The lowest BCUT2D eigenvalue weighted by molar-refractivity contribution is -0.151. The molecule has 0 unspecified atom stereocenters. The van der Waals surface area contributed by atoms with E-state index in [1.807, 2.05) is 26.0 Å². The summed E-state index contributed by atoms with van der Waals surface area (Å²) in [5.41, 5.74) is 1.84. The molecule has 3 nitrogen and oxygen atoms in total. The summed E-state index contributed by atoms with van der Waals surface area (Å²) in [4.78, 5) is 12.1. The van der Waals surface area contributed by atoms with Crippen molar-refractivity contribution in [3.05, 3.63) is 47.5 Å². The molecule has 0 aromatic heterocycles. The number of esters is 1. The number of ether oxygens (including phenoxy) is 2. The predicted molar refractivity (Wildman–Crippen MR) is 78.7 cm³/mol. The maximum atomic E-state index is 12.1. The van der Waals surface area contributed by atoms with Crippen LogP contribution < -0.4 is 0 Å². The minimum Gasteiger partial charge on any atom is -0.469 e. The molecular formula is C17H22O3. The molecule has 0 fully saturated rings. The number of benzene rings is 1. The molecule has 108 valence electrons. The molecule has 0 N–H and O–H groups in total. The van der Waals surface area contributed by atoms with E-state index in [9.17, 15) is 4.79 Å². The van der Waals surface area contributed by atoms with Crippen LogP contribution in [0, 0.1) is 5.41 Å². The van der Waals surface area contributed by atoms with Gasteiger partial charge in [-0.2, -0.15) is 0 Å². The highest BCUT2D eigenvalue weighted by Crippen LogP contribution is 2.44. The molecular weight excluding hydrogens is 252 g/mol. The van der Waals surface area contributed by atoms with Gasteiger partial charge < -0.3 is 9.47 Å². The van der Waals surface area contributed by atoms with Gasteiger partial charge in [-0.3, -0.25) is 4.79 Å². The third-order valence-corrected chi connectivity index (χ3v) is 4.10. The molecule has 0 aliphatic heterocycles. The number of allylic oxidation sites excluding steroid dienone is 1. The average molecular weight is 274 g/mol. The Labute approximate surface area is 120 Å². The Morgan fingerprint density at radius 1 is 1.15 bits per heavy atom. The highest BCUT2D eigenvalue weighted by Gasteiger charge is 2.40. The molecule has 0 saturated carbocycles. The summed E-state index contributed by atoms with van der Waals surface area (Å²) in [7, 11) is 3.15. The zero-order valence-electron chi connectivity index (χ0n) is 12.6. The maximum Gasteiger partial charge on any atom is 0.312 e.